The first kappa shape index (κ1) is 20.4. The van der Waals surface area contributed by atoms with E-state index < -0.39 is 6.04 Å². The highest BCUT2D eigenvalue weighted by molar-refractivity contribution is 6.30. The van der Waals surface area contributed by atoms with Crippen LogP contribution in [0.1, 0.15) is 47.8 Å². The number of amides is 2. The van der Waals surface area contributed by atoms with Crippen molar-refractivity contribution >= 4 is 23.4 Å². The first-order valence-electron chi connectivity index (χ1n) is 9.51. The Bertz CT molecular complexity index is 853. The van der Waals surface area contributed by atoms with Crippen LogP contribution in [0.5, 0.6) is 0 Å². The van der Waals surface area contributed by atoms with Gasteiger partial charge in [-0.05, 0) is 49.6 Å². The molecule has 2 aromatic rings. The third-order valence-electron chi connectivity index (χ3n) is 4.62. The molecule has 0 aliphatic carbocycles. The van der Waals surface area contributed by atoms with Gasteiger partial charge in [-0.15, -0.1) is 0 Å². The predicted octanol–water partition coefficient (Wildman–Crippen LogP) is 3.97. The van der Waals surface area contributed by atoms with Gasteiger partial charge in [0.05, 0.1) is 6.10 Å². The third kappa shape index (κ3) is 4.72. The number of halogens is 1. The topological polar surface area (TPSA) is 58.6 Å². The molecule has 1 atom stereocenters. The lowest BCUT2D eigenvalue weighted by atomic mass is 10.0. The molecular formula is C22H25ClN2O3. The average molecular weight is 401 g/mol. The van der Waals surface area contributed by atoms with Crippen molar-refractivity contribution in [1.82, 2.24) is 10.2 Å². The van der Waals surface area contributed by atoms with Crippen LogP contribution >= 0.6 is 11.6 Å². The minimum atomic E-state index is -0.645. The Balaban J connectivity index is 1.74. The number of nitrogens with zero attached hydrogens (tertiary/aromatic N) is 1. The Morgan fingerprint density at radius 1 is 1.21 bits per heavy atom. The van der Waals surface area contributed by atoms with Gasteiger partial charge in [0.15, 0.2) is 0 Å². The normalized spacial score (nSPS) is 15.8. The molecule has 1 heterocycles. The Hall–Kier alpha value is -2.37. The fraction of sp³-hybridized carbons (Fsp3) is 0.364. The van der Waals surface area contributed by atoms with Gasteiger partial charge in [-0.2, -0.15) is 0 Å². The van der Waals surface area contributed by atoms with Crippen molar-refractivity contribution in [3.8, 4) is 0 Å². The zero-order chi connectivity index (χ0) is 20.1. The molecule has 6 heteroatoms. The van der Waals surface area contributed by atoms with E-state index in [-0.39, 0.29) is 17.9 Å². The molecule has 1 unspecified atom stereocenters. The molecule has 1 N–H and O–H groups in total. The molecule has 148 valence electrons. The minimum Gasteiger partial charge on any atom is -0.379 e. The fourth-order valence-electron chi connectivity index (χ4n) is 3.35. The number of rotatable bonds is 8. The second-order valence-corrected chi connectivity index (χ2v) is 7.55. The first-order valence-corrected chi connectivity index (χ1v) is 9.89. The van der Waals surface area contributed by atoms with Crippen molar-refractivity contribution in [3.05, 3.63) is 70.2 Å². The van der Waals surface area contributed by atoms with Gasteiger partial charge in [0.25, 0.3) is 5.91 Å². The fourth-order valence-corrected chi connectivity index (χ4v) is 3.56. The summed E-state index contributed by atoms with van der Waals surface area (Å²) in [4.78, 5) is 27.5. The van der Waals surface area contributed by atoms with E-state index in [9.17, 15) is 9.59 Å². The van der Waals surface area contributed by atoms with E-state index in [1.54, 1.807) is 17.0 Å². The molecule has 1 aliphatic heterocycles. The second kappa shape index (κ2) is 9.22. The molecule has 2 aromatic carbocycles. The molecule has 0 saturated heterocycles. The number of hydrogen-bond donors (Lipinski definition) is 1. The Morgan fingerprint density at radius 3 is 2.75 bits per heavy atom. The number of ether oxygens (including phenoxy) is 1. The summed E-state index contributed by atoms with van der Waals surface area (Å²) in [6.45, 7) is 5.37. The van der Waals surface area contributed by atoms with Crippen LogP contribution in [0.15, 0.2) is 48.5 Å². The van der Waals surface area contributed by atoms with Crippen LogP contribution in [0.3, 0.4) is 0 Å². The van der Waals surface area contributed by atoms with Crippen LogP contribution in [0.2, 0.25) is 5.02 Å². The van der Waals surface area contributed by atoms with E-state index in [1.165, 1.54) is 0 Å². The molecule has 5 nitrogen and oxygen atoms in total. The van der Waals surface area contributed by atoms with Crippen LogP contribution in [-0.4, -0.2) is 36.0 Å². The van der Waals surface area contributed by atoms with Gasteiger partial charge in [0, 0.05) is 30.3 Å². The summed E-state index contributed by atoms with van der Waals surface area (Å²) in [6, 6.07) is 14.0. The average Bonchev–Trinajstić information content (AvgIpc) is 2.93. The summed E-state index contributed by atoms with van der Waals surface area (Å²) in [5.74, 6) is -0.316. The number of hydrogen-bond acceptors (Lipinski definition) is 3. The molecule has 0 spiro atoms. The van der Waals surface area contributed by atoms with Crippen LogP contribution < -0.4 is 5.32 Å². The molecular weight excluding hydrogens is 376 g/mol. The predicted molar refractivity (Wildman–Crippen MR) is 109 cm³/mol. The summed E-state index contributed by atoms with van der Waals surface area (Å²) in [5, 5.41) is 3.55. The zero-order valence-corrected chi connectivity index (χ0v) is 16.9. The highest BCUT2D eigenvalue weighted by atomic mass is 35.5. The van der Waals surface area contributed by atoms with Crippen LogP contribution in [0.4, 0.5) is 0 Å². The van der Waals surface area contributed by atoms with Crippen LogP contribution in [-0.2, 0) is 16.1 Å². The maximum atomic E-state index is 12.9. The van der Waals surface area contributed by atoms with Gasteiger partial charge >= 0.3 is 0 Å². The Morgan fingerprint density at radius 2 is 2.00 bits per heavy atom. The highest BCUT2D eigenvalue weighted by Gasteiger charge is 2.40. The minimum absolute atomic E-state index is 0.140. The molecule has 1 aliphatic rings. The van der Waals surface area contributed by atoms with E-state index in [4.69, 9.17) is 16.3 Å². The molecule has 0 bridgehead atoms. The number of carbonyl (C=O) groups excluding carboxylic acids is 2. The molecule has 2 amide bonds. The maximum absolute atomic E-state index is 12.9. The van der Waals surface area contributed by atoms with Crippen molar-refractivity contribution in [2.75, 3.05) is 13.2 Å². The van der Waals surface area contributed by atoms with E-state index in [0.29, 0.717) is 30.3 Å². The van der Waals surface area contributed by atoms with Crippen LogP contribution in [0, 0.1) is 0 Å². The molecule has 3 rings (SSSR count). The van der Waals surface area contributed by atoms with E-state index >= 15 is 0 Å². The standard InChI is InChI=1S/C22H25ClN2O3/c1-15(2)28-12-6-11-24-21(26)20-18-9-3-4-10-19(18)22(27)25(20)14-16-7-5-8-17(23)13-16/h3-5,7-10,13,15,20H,6,11-12,14H2,1-2H3,(H,24,26). The summed E-state index contributed by atoms with van der Waals surface area (Å²) >= 11 is 6.08. The number of fused-ring (bicyclic) bond motifs is 1. The van der Waals surface area contributed by atoms with E-state index in [1.807, 2.05) is 50.2 Å². The lowest BCUT2D eigenvalue weighted by Gasteiger charge is -2.25. The number of carbonyl (C=O) groups is 2. The zero-order valence-electron chi connectivity index (χ0n) is 16.2. The van der Waals surface area contributed by atoms with Crippen molar-refractivity contribution < 1.29 is 14.3 Å². The smallest absolute Gasteiger partial charge is 0.255 e. The van der Waals surface area contributed by atoms with Crippen molar-refractivity contribution in [3.63, 3.8) is 0 Å². The molecule has 0 fully saturated rings. The number of benzene rings is 2. The van der Waals surface area contributed by atoms with Crippen molar-refractivity contribution in [2.24, 2.45) is 0 Å². The third-order valence-corrected chi connectivity index (χ3v) is 4.86. The SMILES string of the molecule is CC(C)OCCCNC(=O)C1c2ccccc2C(=O)N1Cc1cccc(Cl)c1. The summed E-state index contributed by atoms with van der Waals surface area (Å²) in [6.07, 6.45) is 0.892. The second-order valence-electron chi connectivity index (χ2n) is 7.12. The maximum Gasteiger partial charge on any atom is 0.255 e. The van der Waals surface area contributed by atoms with Gasteiger partial charge in [-0.25, -0.2) is 0 Å². The van der Waals surface area contributed by atoms with Gasteiger partial charge in [-0.3, -0.25) is 9.59 Å². The summed E-state index contributed by atoms with van der Waals surface area (Å²) in [5.41, 5.74) is 2.20. The van der Waals surface area contributed by atoms with Gasteiger partial charge < -0.3 is 15.0 Å². The molecule has 0 aromatic heterocycles. The van der Waals surface area contributed by atoms with Gasteiger partial charge in [0.2, 0.25) is 5.91 Å². The van der Waals surface area contributed by atoms with Crippen molar-refractivity contribution in [2.45, 2.75) is 39.0 Å². The van der Waals surface area contributed by atoms with E-state index in [0.717, 1.165) is 17.5 Å². The van der Waals surface area contributed by atoms with Gasteiger partial charge in [0.1, 0.15) is 6.04 Å². The Labute approximate surface area is 170 Å². The largest absolute Gasteiger partial charge is 0.379 e. The van der Waals surface area contributed by atoms with Crippen LogP contribution in [0.25, 0.3) is 0 Å². The van der Waals surface area contributed by atoms with E-state index in [2.05, 4.69) is 5.32 Å². The lowest BCUT2D eigenvalue weighted by Crippen LogP contribution is -2.39. The molecule has 0 radical (unpaired) electrons. The molecule has 0 saturated carbocycles. The lowest BCUT2D eigenvalue weighted by molar-refractivity contribution is -0.125. The van der Waals surface area contributed by atoms with Crippen molar-refractivity contribution in [1.29, 1.82) is 0 Å². The Kier molecular flexibility index (Phi) is 6.70. The van der Waals surface area contributed by atoms with Gasteiger partial charge in [-0.1, -0.05) is 41.9 Å². The number of nitrogens with one attached hydrogen (secondary N) is 1. The monoisotopic (exact) mass is 400 g/mol. The first-order chi connectivity index (χ1) is 13.5. The quantitative estimate of drug-likeness (QED) is 0.682. The molecule has 28 heavy (non-hydrogen) atoms. The highest BCUT2D eigenvalue weighted by Crippen LogP contribution is 2.35. The summed E-state index contributed by atoms with van der Waals surface area (Å²) < 4.78 is 5.51. The summed E-state index contributed by atoms with van der Waals surface area (Å²) in [7, 11) is 0.